The van der Waals surface area contributed by atoms with Crippen LogP contribution in [-0.2, 0) is 14.3 Å². The number of ether oxygens (including phenoxy) is 2. The minimum atomic E-state index is -0.447. The molecule has 3 N–H and O–H groups in total. The number of nitrogen functional groups attached to an aromatic ring is 1. The zero-order chi connectivity index (χ0) is 15.4. The van der Waals surface area contributed by atoms with Crippen molar-refractivity contribution in [2.75, 3.05) is 24.8 Å². The van der Waals surface area contributed by atoms with Crippen LogP contribution < -0.4 is 11.1 Å². The highest BCUT2D eigenvalue weighted by Crippen LogP contribution is 2.33. The van der Waals surface area contributed by atoms with Gasteiger partial charge >= 0.3 is 11.9 Å². The first-order valence-corrected chi connectivity index (χ1v) is 6.88. The summed E-state index contributed by atoms with van der Waals surface area (Å²) in [6.07, 6.45) is 1.82. The number of benzene rings is 1. The van der Waals surface area contributed by atoms with Gasteiger partial charge in [-0.1, -0.05) is 6.07 Å². The molecule has 0 aromatic heterocycles. The molecule has 1 saturated carbocycles. The zero-order valence-corrected chi connectivity index (χ0v) is 12.2. The van der Waals surface area contributed by atoms with Crippen molar-refractivity contribution in [2.24, 2.45) is 5.92 Å². The van der Waals surface area contributed by atoms with Crippen LogP contribution in [0, 0.1) is 5.92 Å². The van der Waals surface area contributed by atoms with E-state index in [0.717, 1.165) is 18.5 Å². The molecular formula is C15H20N2O4. The van der Waals surface area contributed by atoms with E-state index in [1.54, 1.807) is 12.1 Å². The van der Waals surface area contributed by atoms with Crippen LogP contribution in [0.4, 0.5) is 11.4 Å². The fraction of sp³-hybridized carbons (Fsp3) is 0.467. The molecule has 2 rings (SSSR count). The molecule has 0 radical (unpaired) electrons. The quantitative estimate of drug-likeness (QED) is 0.635. The lowest BCUT2D eigenvalue weighted by molar-refractivity contribution is -0.143. The molecule has 0 amide bonds. The fourth-order valence-electron chi connectivity index (χ4n) is 2.42. The third-order valence-corrected chi connectivity index (χ3v) is 3.63. The smallest absolute Gasteiger partial charge is 0.340 e. The number of para-hydroxylation sites is 1. The molecule has 114 valence electrons. The van der Waals surface area contributed by atoms with E-state index in [0.29, 0.717) is 23.8 Å². The van der Waals surface area contributed by atoms with Crippen molar-refractivity contribution in [3.05, 3.63) is 23.8 Å². The van der Waals surface area contributed by atoms with Gasteiger partial charge in [0.2, 0.25) is 0 Å². The van der Waals surface area contributed by atoms with Crippen LogP contribution in [0.2, 0.25) is 0 Å². The van der Waals surface area contributed by atoms with Gasteiger partial charge in [0.15, 0.2) is 0 Å². The van der Waals surface area contributed by atoms with Crippen molar-refractivity contribution in [1.29, 1.82) is 0 Å². The monoisotopic (exact) mass is 292 g/mol. The lowest BCUT2D eigenvalue weighted by atomic mass is 9.80. The van der Waals surface area contributed by atoms with E-state index >= 15 is 0 Å². The van der Waals surface area contributed by atoms with Crippen LogP contribution >= 0.6 is 0 Å². The van der Waals surface area contributed by atoms with E-state index in [-0.39, 0.29) is 12.0 Å². The second kappa shape index (κ2) is 6.47. The van der Waals surface area contributed by atoms with Crippen LogP contribution in [-0.4, -0.2) is 31.7 Å². The van der Waals surface area contributed by atoms with Crippen molar-refractivity contribution in [1.82, 2.24) is 0 Å². The van der Waals surface area contributed by atoms with Crippen LogP contribution in [0.5, 0.6) is 0 Å². The molecule has 0 unspecified atom stereocenters. The molecule has 1 aromatic carbocycles. The number of carbonyl (C=O) groups is 2. The van der Waals surface area contributed by atoms with Crippen molar-refractivity contribution >= 4 is 23.3 Å². The zero-order valence-electron chi connectivity index (χ0n) is 12.2. The van der Waals surface area contributed by atoms with Crippen molar-refractivity contribution < 1.29 is 19.1 Å². The summed E-state index contributed by atoms with van der Waals surface area (Å²) in [6, 6.07) is 5.51. The van der Waals surface area contributed by atoms with Crippen molar-refractivity contribution in [3.63, 3.8) is 0 Å². The van der Waals surface area contributed by atoms with Gasteiger partial charge in [0, 0.05) is 13.0 Å². The van der Waals surface area contributed by atoms with Gasteiger partial charge in [-0.3, -0.25) is 4.79 Å². The predicted molar refractivity (Wildman–Crippen MR) is 79.0 cm³/mol. The average Bonchev–Trinajstić information content (AvgIpc) is 2.41. The largest absolute Gasteiger partial charge is 0.466 e. The summed E-state index contributed by atoms with van der Waals surface area (Å²) < 4.78 is 9.67. The van der Waals surface area contributed by atoms with E-state index in [2.05, 4.69) is 5.32 Å². The SMILES string of the molecule is COC(=O)c1cccc(NC2CC(COC(C)=O)C2)c1N. The first-order chi connectivity index (χ1) is 10.0. The van der Waals surface area contributed by atoms with Crippen LogP contribution in [0.25, 0.3) is 0 Å². The Hall–Kier alpha value is -2.24. The molecule has 0 aliphatic heterocycles. The molecule has 6 nitrogen and oxygen atoms in total. The van der Waals surface area contributed by atoms with E-state index in [1.807, 2.05) is 6.07 Å². The van der Waals surface area contributed by atoms with Crippen molar-refractivity contribution in [3.8, 4) is 0 Å². The standard InChI is InChI=1S/C15H20N2O4/c1-9(18)21-8-10-6-11(7-10)17-13-5-3-4-12(14(13)16)15(19)20-2/h3-5,10-11,17H,6-8,16H2,1-2H3. The molecule has 21 heavy (non-hydrogen) atoms. The number of nitrogens with two attached hydrogens (primary N) is 1. The van der Waals surface area contributed by atoms with Gasteiger partial charge in [-0.2, -0.15) is 0 Å². The Morgan fingerprint density at radius 3 is 2.71 bits per heavy atom. The predicted octanol–water partition coefficient (Wildman–Crippen LogP) is 1.81. The highest BCUT2D eigenvalue weighted by atomic mass is 16.5. The lowest BCUT2D eigenvalue weighted by Crippen LogP contribution is -2.38. The normalized spacial score (nSPS) is 20.3. The molecule has 0 heterocycles. The molecule has 1 aliphatic rings. The summed E-state index contributed by atoms with van der Waals surface area (Å²) >= 11 is 0. The Labute approximate surface area is 123 Å². The van der Waals surface area contributed by atoms with E-state index in [9.17, 15) is 9.59 Å². The van der Waals surface area contributed by atoms with Gasteiger partial charge in [0.1, 0.15) is 0 Å². The number of hydrogen-bond donors (Lipinski definition) is 2. The molecule has 6 heteroatoms. The molecule has 0 bridgehead atoms. The Kier molecular flexibility index (Phi) is 4.67. The fourth-order valence-corrected chi connectivity index (χ4v) is 2.42. The maximum Gasteiger partial charge on any atom is 0.340 e. The van der Waals surface area contributed by atoms with Crippen LogP contribution in [0.15, 0.2) is 18.2 Å². The number of carbonyl (C=O) groups excluding carboxylic acids is 2. The maximum absolute atomic E-state index is 11.6. The van der Waals surface area contributed by atoms with Gasteiger partial charge in [-0.25, -0.2) is 4.79 Å². The minimum absolute atomic E-state index is 0.249. The first-order valence-electron chi connectivity index (χ1n) is 6.88. The molecule has 0 atom stereocenters. The summed E-state index contributed by atoms with van der Waals surface area (Å²) in [6.45, 7) is 1.87. The van der Waals surface area contributed by atoms with Crippen LogP contribution in [0.1, 0.15) is 30.1 Å². The average molecular weight is 292 g/mol. The second-order valence-electron chi connectivity index (χ2n) is 5.24. The second-order valence-corrected chi connectivity index (χ2v) is 5.24. The third-order valence-electron chi connectivity index (χ3n) is 3.63. The number of anilines is 2. The Morgan fingerprint density at radius 2 is 2.10 bits per heavy atom. The van der Waals surface area contributed by atoms with Gasteiger partial charge in [-0.15, -0.1) is 0 Å². The Balaban J connectivity index is 1.90. The molecule has 1 aromatic rings. The first kappa shape index (κ1) is 15.2. The highest BCUT2D eigenvalue weighted by molar-refractivity contribution is 5.98. The number of hydrogen-bond acceptors (Lipinski definition) is 6. The summed E-state index contributed by atoms with van der Waals surface area (Å²) in [5.41, 5.74) is 7.47. The molecule has 0 saturated heterocycles. The van der Waals surface area contributed by atoms with Gasteiger partial charge < -0.3 is 20.5 Å². The molecular weight excluding hydrogens is 272 g/mol. The number of rotatable bonds is 5. The van der Waals surface area contributed by atoms with E-state index in [1.165, 1.54) is 14.0 Å². The third kappa shape index (κ3) is 3.65. The maximum atomic E-state index is 11.6. The van der Waals surface area contributed by atoms with E-state index < -0.39 is 5.97 Å². The van der Waals surface area contributed by atoms with Gasteiger partial charge in [0.05, 0.1) is 30.7 Å². The summed E-state index contributed by atoms with van der Waals surface area (Å²) in [7, 11) is 1.33. The molecule has 1 fully saturated rings. The minimum Gasteiger partial charge on any atom is -0.466 e. The molecule has 0 spiro atoms. The lowest BCUT2D eigenvalue weighted by Gasteiger charge is -2.36. The Bertz CT molecular complexity index is 538. The molecule has 1 aliphatic carbocycles. The Morgan fingerprint density at radius 1 is 1.38 bits per heavy atom. The summed E-state index contributed by atoms with van der Waals surface area (Å²) in [4.78, 5) is 22.3. The topological polar surface area (TPSA) is 90.6 Å². The highest BCUT2D eigenvalue weighted by Gasteiger charge is 2.30. The van der Waals surface area contributed by atoms with Crippen molar-refractivity contribution in [2.45, 2.75) is 25.8 Å². The number of methoxy groups -OCH3 is 1. The number of esters is 2. The van der Waals surface area contributed by atoms with Crippen LogP contribution in [0.3, 0.4) is 0 Å². The summed E-state index contributed by atoms with van der Waals surface area (Å²) in [5, 5.41) is 3.31. The van der Waals surface area contributed by atoms with Gasteiger partial charge in [0.25, 0.3) is 0 Å². The van der Waals surface area contributed by atoms with E-state index in [4.69, 9.17) is 15.2 Å². The summed E-state index contributed by atoms with van der Waals surface area (Å²) in [5.74, 6) is -0.310. The van der Waals surface area contributed by atoms with Gasteiger partial charge in [-0.05, 0) is 30.9 Å². The number of nitrogens with one attached hydrogen (secondary N) is 1.